The van der Waals surface area contributed by atoms with Crippen molar-refractivity contribution in [1.29, 1.82) is 5.26 Å². The van der Waals surface area contributed by atoms with Crippen LogP contribution in [0.4, 0.5) is 0 Å². The molecule has 1 aromatic heterocycles. The van der Waals surface area contributed by atoms with E-state index >= 15 is 0 Å². The maximum atomic E-state index is 12.8. The standard InChI is InChI=1S/C27H31N5O5S/c1-17(2)36-25-9-6-18(14-19(25)15-28)27-29-26(30-37-27)23-5-3-4-22-21(23)7-8-24(22)31-38(34,35)13-12-32-11-10-20(33)16-32/h3-6,9,14,17,20,24,31,33H,7-8,10-13,16H2,1-2H3/t20-,24+/m1/s1. The molecule has 0 spiro atoms. The van der Waals surface area contributed by atoms with Crippen LogP contribution in [0.5, 0.6) is 5.75 Å². The van der Waals surface area contributed by atoms with Crippen molar-refractivity contribution in [2.24, 2.45) is 0 Å². The number of aliphatic hydroxyl groups is 1. The van der Waals surface area contributed by atoms with Crippen LogP contribution in [0, 0.1) is 11.3 Å². The highest BCUT2D eigenvalue weighted by Gasteiger charge is 2.30. The molecular weight excluding hydrogens is 506 g/mol. The second-order valence-electron chi connectivity index (χ2n) is 10.1. The predicted molar refractivity (Wildman–Crippen MR) is 141 cm³/mol. The van der Waals surface area contributed by atoms with Crippen molar-refractivity contribution in [3.05, 3.63) is 53.1 Å². The normalized spacial score (nSPS) is 19.6. The van der Waals surface area contributed by atoms with Gasteiger partial charge in [0.25, 0.3) is 5.89 Å². The number of sulfonamides is 1. The molecule has 0 saturated carbocycles. The number of likely N-dealkylation sites (tertiary alicyclic amines) is 1. The van der Waals surface area contributed by atoms with Gasteiger partial charge in [-0.3, -0.25) is 4.90 Å². The fraction of sp³-hybridized carbons (Fsp3) is 0.444. The summed E-state index contributed by atoms with van der Waals surface area (Å²) in [7, 11) is -3.50. The summed E-state index contributed by atoms with van der Waals surface area (Å²) in [6, 6.07) is 12.7. The van der Waals surface area contributed by atoms with Gasteiger partial charge in [-0.05, 0) is 62.4 Å². The molecule has 1 fully saturated rings. The third-order valence-corrected chi connectivity index (χ3v) is 8.26. The number of aromatic nitrogens is 2. The van der Waals surface area contributed by atoms with E-state index in [4.69, 9.17) is 9.26 Å². The van der Waals surface area contributed by atoms with E-state index in [0.29, 0.717) is 61.6 Å². The summed E-state index contributed by atoms with van der Waals surface area (Å²) >= 11 is 0. The number of hydrogen-bond donors (Lipinski definition) is 2. The summed E-state index contributed by atoms with van der Waals surface area (Å²) in [6.45, 7) is 5.43. The fourth-order valence-corrected chi connectivity index (χ4v) is 6.38. The molecule has 11 heteroatoms. The molecule has 38 heavy (non-hydrogen) atoms. The average Bonchev–Trinajstić information content (AvgIpc) is 3.63. The molecule has 200 valence electrons. The highest BCUT2D eigenvalue weighted by Crippen LogP contribution is 2.38. The van der Waals surface area contributed by atoms with Crippen molar-refractivity contribution < 1.29 is 22.8 Å². The van der Waals surface area contributed by atoms with Gasteiger partial charge >= 0.3 is 0 Å². The molecule has 1 saturated heterocycles. The van der Waals surface area contributed by atoms with Gasteiger partial charge < -0.3 is 14.4 Å². The molecule has 1 aliphatic heterocycles. The Labute approximate surface area is 222 Å². The first-order valence-corrected chi connectivity index (χ1v) is 14.4. The second-order valence-corrected chi connectivity index (χ2v) is 11.9. The van der Waals surface area contributed by atoms with Gasteiger partial charge in [0.05, 0.1) is 23.5 Å². The molecule has 2 N–H and O–H groups in total. The van der Waals surface area contributed by atoms with Gasteiger partial charge in [0.2, 0.25) is 15.8 Å². The SMILES string of the molecule is CC(C)Oc1ccc(-c2nc(-c3cccc4c3CC[C@@H]4NS(=O)(=O)CCN3CC[C@@H](O)C3)no2)cc1C#N. The lowest BCUT2D eigenvalue weighted by Crippen LogP contribution is -2.35. The van der Waals surface area contributed by atoms with Gasteiger partial charge in [-0.15, -0.1) is 0 Å². The van der Waals surface area contributed by atoms with Crippen LogP contribution in [0.25, 0.3) is 22.8 Å². The molecule has 2 atom stereocenters. The lowest BCUT2D eigenvalue weighted by molar-refractivity contribution is 0.178. The van der Waals surface area contributed by atoms with E-state index in [-0.39, 0.29) is 29.9 Å². The van der Waals surface area contributed by atoms with Crippen molar-refractivity contribution in [2.45, 2.75) is 51.4 Å². The zero-order valence-electron chi connectivity index (χ0n) is 21.4. The monoisotopic (exact) mass is 537 g/mol. The highest BCUT2D eigenvalue weighted by molar-refractivity contribution is 7.89. The van der Waals surface area contributed by atoms with Gasteiger partial charge in [-0.1, -0.05) is 23.4 Å². The number of nitriles is 1. The van der Waals surface area contributed by atoms with E-state index in [9.17, 15) is 18.8 Å². The van der Waals surface area contributed by atoms with E-state index in [1.807, 2.05) is 36.9 Å². The number of ether oxygens (including phenoxy) is 1. The third-order valence-electron chi connectivity index (χ3n) is 6.89. The van der Waals surface area contributed by atoms with Crippen LogP contribution in [-0.2, 0) is 16.4 Å². The lowest BCUT2D eigenvalue weighted by Gasteiger charge is -2.18. The molecule has 3 aromatic rings. The summed E-state index contributed by atoms with van der Waals surface area (Å²) in [5.41, 5.74) is 3.70. The van der Waals surface area contributed by atoms with Crippen molar-refractivity contribution in [2.75, 3.05) is 25.4 Å². The Morgan fingerprint density at radius 2 is 2.13 bits per heavy atom. The zero-order valence-corrected chi connectivity index (χ0v) is 22.2. The third kappa shape index (κ3) is 5.73. The van der Waals surface area contributed by atoms with Crippen LogP contribution in [0.2, 0.25) is 0 Å². The van der Waals surface area contributed by atoms with Crippen LogP contribution in [0.1, 0.15) is 49.4 Å². The van der Waals surface area contributed by atoms with E-state index in [1.165, 1.54) is 0 Å². The summed E-state index contributed by atoms with van der Waals surface area (Å²) in [6.07, 6.45) is 1.57. The molecule has 10 nitrogen and oxygen atoms in total. The molecule has 2 aliphatic rings. The summed E-state index contributed by atoms with van der Waals surface area (Å²) in [4.78, 5) is 6.56. The predicted octanol–water partition coefficient (Wildman–Crippen LogP) is 3.04. The summed E-state index contributed by atoms with van der Waals surface area (Å²) < 4.78 is 39.7. The molecule has 2 aromatic carbocycles. The van der Waals surface area contributed by atoms with Crippen molar-refractivity contribution in [1.82, 2.24) is 19.8 Å². The highest BCUT2D eigenvalue weighted by atomic mass is 32.2. The molecule has 0 amide bonds. The molecular formula is C27H31N5O5S. The first kappa shape index (κ1) is 26.3. The molecule has 2 heterocycles. The number of aliphatic hydroxyl groups excluding tert-OH is 1. The minimum absolute atomic E-state index is 0.00880. The van der Waals surface area contributed by atoms with Gasteiger partial charge in [-0.2, -0.15) is 10.2 Å². The van der Waals surface area contributed by atoms with Gasteiger partial charge in [-0.25, -0.2) is 13.1 Å². The van der Waals surface area contributed by atoms with Crippen molar-refractivity contribution in [3.8, 4) is 34.7 Å². The molecule has 0 radical (unpaired) electrons. The van der Waals surface area contributed by atoms with E-state index in [0.717, 1.165) is 16.7 Å². The number of nitrogens with one attached hydrogen (secondary N) is 1. The Hall–Kier alpha value is -3.30. The fourth-order valence-electron chi connectivity index (χ4n) is 5.08. The Morgan fingerprint density at radius 3 is 2.87 bits per heavy atom. The second kappa shape index (κ2) is 10.8. The minimum Gasteiger partial charge on any atom is -0.490 e. The first-order chi connectivity index (χ1) is 18.2. The maximum absolute atomic E-state index is 12.8. The van der Waals surface area contributed by atoms with Gasteiger partial charge in [0, 0.05) is 36.8 Å². The molecule has 5 rings (SSSR count). The summed E-state index contributed by atoms with van der Waals surface area (Å²) in [5, 5.41) is 23.4. The van der Waals surface area contributed by atoms with E-state index in [1.54, 1.807) is 18.2 Å². The number of hydrogen-bond acceptors (Lipinski definition) is 9. The van der Waals surface area contributed by atoms with E-state index in [2.05, 4.69) is 20.9 Å². The van der Waals surface area contributed by atoms with Crippen LogP contribution >= 0.6 is 0 Å². The maximum Gasteiger partial charge on any atom is 0.258 e. The van der Waals surface area contributed by atoms with E-state index < -0.39 is 10.0 Å². The van der Waals surface area contributed by atoms with Crippen LogP contribution < -0.4 is 9.46 Å². The Balaban J connectivity index is 1.32. The number of benzene rings is 2. The Morgan fingerprint density at radius 1 is 1.29 bits per heavy atom. The molecule has 0 bridgehead atoms. The van der Waals surface area contributed by atoms with Gasteiger partial charge in [0.1, 0.15) is 11.8 Å². The molecule has 0 unspecified atom stereocenters. The quantitative estimate of drug-likeness (QED) is 0.421. The lowest BCUT2D eigenvalue weighted by atomic mass is 10.0. The summed E-state index contributed by atoms with van der Waals surface area (Å²) in [5.74, 6) is 1.19. The zero-order chi connectivity index (χ0) is 26.9. The van der Waals surface area contributed by atoms with Crippen LogP contribution in [0.3, 0.4) is 0 Å². The minimum atomic E-state index is -3.50. The number of fused-ring (bicyclic) bond motifs is 1. The van der Waals surface area contributed by atoms with Crippen molar-refractivity contribution in [3.63, 3.8) is 0 Å². The number of nitrogens with zero attached hydrogens (tertiary/aromatic N) is 4. The number of rotatable bonds is 9. The Bertz CT molecular complexity index is 1460. The molecule has 1 aliphatic carbocycles. The van der Waals surface area contributed by atoms with Crippen molar-refractivity contribution >= 4 is 10.0 Å². The first-order valence-electron chi connectivity index (χ1n) is 12.8. The van der Waals surface area contributed by atoms with Gasteiger partial charge in [0.15, 0.2) is 0 Å². The Kier molecular flexibility index (Phi) is 7.49. The largest absolute Gasteiger partial charge is 0.490 e. The average molecular weight is 538 g/mol. The van der Waals surface area contributed by atoms with Crippen LogP contribution in [-0.4, -0.2) is 66.2 Å². The smallest absolute Gasteiger partial charge is 0.258 e. The van der Waals surface area contributed by atoms with Crippen LogP contribution in [0.15, 0.2) is 40.9 Å². The topological polar surface area (TPSA) is 142 Å². The number of β-amino-alcohol motifs (C(OH)–C–C–N with tert-alkyl or cyclic N) is 1.